The van der Waals surface area contributed by atoms with Crippen molar-refractivity contribution in [3.63, 3.8) is 0 Å². The van der Waals surface area contributed by atoms with Gasteiger partial charge in [-0.1, -0.05) is 23.7 Å². The summed E-state index contributed by atoms with van der Waals surface area (Å²) in [5, 5.41) is 12.2. The number of amides is 1. The van der Waals surface area contributed by atoms with Crippen LogP contribution in [0.2, 0.25) is 5.02 Å². The fraction of sp³-hybridized carbons (Fsp3) is 0.217. The summed E-state index contributed by atoms with van der Waals surface area (Å²) in [6.07, 6.45) is 0. The minimum absolute atomic E-state index is 0.152. The van der Waals surface area contributed by atoms with Gasteiger partial charge in [-0.25, -0.2) is 14.6 Å². The van der Waals surface area contributed by atoms with Gasteiger partial charge in [-0.2, -0.15) is 5.10 Å². The molecule has 8 nitrogen and oxygen atoms in total. The predicted molar refractivity (Wildman–Crippen MR) is 125 cm³/mol. The number of nitrogens with zero attached hydrogens (tertiary/aromatic N) is 4. The maximum atomic E-state index is 12.3. The van der Waals surface area contributed by atoms with Crippen molar-refractivity contribution in [1.29, 1.82) is 0 Å². The number of benzene rings is 2. The maximum absolute atomic E-state index is 12.3. The molecule has 0 aliphatic rings. The molecule has 0 aliphatic heterocycles. The molecule has 4 rings (SSSR count). The Hall–Kier alpha value is -3.65. The predicted octanol–water partition coefficient (Wildman–Crippen LogP) is 3.94. The summed E-state index contributed by atoms with van der Waals surface area (Å²) < 4.78 is 6.85. The number of nitrogens with one attached hydrogen (secondary N) is 2. The van der Waals surface area contributed by atoms with Crippen LogP contribution in [0.15, 0.2) is 48.5 Å². The highest BCUT2D eigenvalue weighted by molar-refractivity contribution is 6.32. The van der Waals surface area contributed by atoms with Crippen molar-refractivity contribution < 1.29 is 9.53 Å². The third kappa shape index (κ3) is 4.36. The molecule has 9 heteroatoms. The summed E-state index contributed by atoms with van der Waals surface area (Å²) in [6, 6.07) is 14.5. The molecule has 0 radical (unpaired) electrons. The molecule has 0 saturated heterocycles. The minimum Gasteiger partial charge on any atom is -0.497 e. The molecular weight excluding hydrogens is 428 g/mol. The van der Waals surface area contributed by atoms with Gasteiger partial charge in [0.05, 0.1) is 28.9 Å². The second-order valence-corrected chi connectivity index (χ2v) is 7.59. The van der Waals surface area contributed by atoms with Crippen LogP contribution in [0.1, 0.15) is 21.9 Å². The van der Waals surface area contributed by atoms with E-state index in [0.29, 0.717) is 46.7 Å². The first kappa shape index (κ1) is 21.6. The lowest BCUT2D eigenvalue weighted by atomic mass is 10.2. The number of anilines is 1. The summed E-state index contributed by atoms with van der Waals surface area (Å²) in [6.45, 7) is 4.65. The van der Waals surface area contributed by atoms with Crippen LogP contribution in [0.5, 0.6) is 5.75 Å². The van der Waals surface area contributed by atoms with E-state index in [1.165, 1.54) is 0 Å². The smallest absolute Gasteiger partial charge is 0.251 e. The van der Waals surface area contributed by atoms with Crippen molar-refractivity contribution in [3.8, 4) is 11.4 Å². The first-order chi connectivity index (χ1) is 15.5. The lowest BCUT2D eigenvalue weighted by Gasteiger charge is -2.10. The topological polar surface area (TPSA) is 94.0 Å². The number of methoxy groups -OCH3 is 1. The first-order valence-electron chi connectivity index (χ1n) is 10.1. The molecule has 2 aromatic heterocycles. The fourth-order valence-corrected chi connectivity index (χ4v) is 3.63. The largest absolute Gasteiger partial charge is 0.497 e. The van der Waals surface area contributed by atoms with E-state index in [9.17, 15) is 4.79 Å². The third-order valence-electron chi connectivity index (χ3n) is 4.95. The van der Waals surface area contributed by atoms with Gasteiger partial charge in [0, 0.05) is 18.7 Å². The van der Waals surface area contributed by atoms with Crippen molar-refractivity contribution in [2.45, 2.75) is 13.8 Å². The van der Waals surface area contributed by atoms with Crippen LogP contribution in [0.4, 0.5) is 5.82 Å². The Bertz CT molecular complexity index is 1270. The fourth-order valence-electron chi connectivity index (χ4n) is 3.41. The van der Waals surface area contributed by atoms with E-state index in [1.54, 1.807) is 36.1 Å². The number of aromatic nitrogens is 4. The highest BCUT2D eigenvalue weighted by atomic mass is 35.5. The Morgan fingerprint density at radius 2 is 1.81 bits per heavy atom. The van der Waals surface area contributed by atoms with Gasteiger partial charge in [-0.05, 0) is 50.2 Å². The van der Waals surface area contributed by atoms with Crippen LogP contribution in [0.25, 0.3) is 16.7 Å². The third-order valence-corrected chi connectivity index (χ3v) is 5.27. The lowest BCUT2D eigenvalue weighted by molar-refractivity contribution is 0.0955. The molecule has 0 unspecified atom stereocenters. The molecule has 0 atom stereocenters. The lowest BCUT2D eigenvalue weighted by Crippen LogP contribution is -2.29. The molecule has 4 aromatic rings. The number of fused-ring (bicyclic) bond motifs is 1. The molecule has 0 saturated carbocycles. The zero-order valence-electron chi connectivity index (χ0n) is 18.0. The van der Waals surface area contributed by atoms with Crippen LogP contribution in [-0.2, 0) is 0 Å². The molecule has 2 heterocycles. The van der Waals surface area contributed by atoms with Crippen molar-refractivity contribution in [1.82, 2.24) is 25.1 Å². The Morgan fingerprint density at radius 1 is 1.06 bits per heavy atom. The first-order valence-corrected chi connectivity index (χ1v) is 10.5. The Labute approximate surface area is 190 Å². The normalized spacial score (nSPS) is 10.9. The Morgan fingerprint density at radius 3 is 2.53 bits per heavy atom. The van der Waals surface area contributed by atoms with Gasteiger partial charge in [0.15, 0.2) is 5.65 Å². The van der Waals surface area contributed by atoms with Crippen LogP contribution >= 0.6 is 11.6 Å². The van der Waals surface area contributed by atoms with E-state index in [0.717, 1.165) is 16.8 Å². The van der Waals surface area contributed by atoms with E-state index in [-0.39, 0.29) is 5.91 Å². The van der Waals surface area contributed by atoms with Gasteiger partial charge < -0.3 is 15.4 Å². The summed E-state index contributed by atoms with van der Waals surface area (Å²) >= 11 is 6.38. The minimum atomic E-state index is -0.152. The molecular formula is C23H23ClN6O2. The Kier molecular flexibility index (Phi) is 6.23. The number of para-hydroxylation sites is 1. The zero-order valence-corrected chi connectivity index (χ0v) is 18.8. The summed E-state index contributed by atoms with van der Waals surface area (Å²) in [5.74, 6) is 1.83. The number of halogens is 1. The number of carbonyl (C=O) groups excluding carboxylic acids is 1. The summed E-state index contributed by atoms with van der Waals surface area (Å²) in [7, 11) is 1.59. The number of hydrogen-bond donors (Lipinski definition) is 2. The maximum Gasteiger partial charge on any atom is 0.251 e. The van der Waals surface area contributed by atoms with Crippen LogP contribution in [0.3, 0.4) is 0 Å². The summed E-state index contributed by atoms with van der Waals surface area (Å²) in [5.41, 5.74) is 2.78. The Balaban J connectivity index is 1.50. The number of rotatable bonds is 7. The number of hydrogen-bond acceptors (Lipinski definition) is 6. The van der Waals surface area contributed by atoms with E-state index in [1.807, 2.05) is 38.1 Å². The molecule has 0 aliphatic carbocycles. The van der Waals surface area contributed by atoms with Crippen LogP contribution in [0, 0.1) is 13.8 Å². The molecule has 164 valence electrons. The summed E-state index contributed by atoms with van der Waals surface area (Å²) in [4.78, 5) is 21.5. The van der Waals surface area contributed by atoms with Crippen molar-refractivity contribution in [3.05, 3.63) is 70.6 Å². The average Bonchev–Trinajstić information content (AvgIpc) is 3.12. The number of carbonyl (C=O) groups is 1. The quantitative estimate of drug-likeness (QED) is 0.414. The number of ether oxygens (including phenoxy) is 1. The van der Waals surface area contributed by atoms with Gasteiger partial charge >= 0.3 is 0 Å². The van der Waals surface area contributed by atoms with Gasteiger partial charge in [-0.15, -0.1) is 0 Å². The molecule has 2 N–H and O–H groups in total. The number of aryl methyl sites for hydroxylation is 2. The standard InChI is InChI=1S/C23H23ClN6O2/c1-14-20-21(25-12-13-26-23(31)16-8-10-17(32-3)11-9-16)27-15(2)28-22(20)30(29-14)19-7-5-4-6-18(19)24/h4-11H,12-13H2,1-3H3,(H,26,31)(H,25,27,28). The van der Waals surface area contributed by atoms with Crippen molar-refractivity contribution in [2.75, 3.05) is 25.5 Å². The van der Waals surface area contributed by atoms with Gasteiger partial charge in [0.2, 0.25) is 0 Å². The van der Waals surface area contributed by atoms with Crippen LogP contribution < -0.4 is 15.4 Å². The average molecular weight is 451 g/mol. The van der Waals surface area contributed by atoms with Gasteiger partial charge in [0.25, 0.3) is 5.91 Å². The molecule has 32 heavy (non-hydrogen) atoms. The monoisotopic (exact) mass is 450 g/mol. The molecule has 2 aromatic carbocycles. The van der Waals surface area contributed by atoms with E-state index >= 15 is 0 Å². The van der Waals surface area contributed by atoms with Gasteiger partial charge in [0.1, 0.15) is 17.4 Å². The highest BCUT2D eigenvalue weighted by Gasteiger charge is 2.17. The highest BCUT2D eigenvalue weighted by Crippen LogP contribution is 2.28. The molecule has 1 amide bonds. The van der Waals surface area contributed by atoms with Crippen molar-refractivity contribution >= 4 is 34.4 Å². The van der Waals surface area contributed by atoms with E-state index < -0.39 is 0 Å². The SMILES string of the molecule is COc1ccc(C(=O)NCCNc2nc(C)nc3c2c(C)nn3-c2ccccc2Cl)cc1. The molecule has 0 spiro atoms. The second kappa shape index (κ2) is 9.23. The van der Waals surface area contributed by atoms with E-state index in [2.05, 4.69) is 25.7 Å². The van der Waals surface area contributed by atoms with Gasteiger partial charge in [-0.3, -0.25) is 4.79 Å². The zero-order chi connectivity index (χ0) is 22.7. The van der Waals surface area contributed by atoms with E-state index in [4.69, 9.17) is 16.3 Å². The molecule has 0 fully saturated rings. The molecule has 0 bridgehead atoms. The second-order valence-electron chi connectivity index (χ2n) is 7.18. The van der Waals surface area contributed by atoms with Crippen molar-refractivity contribution in [2.24, 2.45) is 0 Å². The van der Waals surface area contributed by atoms with Crippen LogP contribution in [-0.4, -0.2) is 45.9 Å².